The van der Waals surface area contributed by atoms with Crippen LogP contribution in [0, 0.1) is 10.1 Å². The number of nitro groups is 1. The Bertz CT molecular complexity index is 477. The number of nitro benzene ring substituents is 1. The number of nitrogens with zero attached hydrogens (tertiary/aromatic N) is 2. The van der Waals surface area contributed by atoms with E-state index in [2.05, 4.69) is 10.2 Å². The smallest absolute Gasteiger partial charge is 0.272 e. The number of hydrogen-bond donors (Lipinski definition) is 2. The van der Waals surface area contributed by atoms with Gasteiger partial charge in [-0.05, 0) is 6.42 Å². The molecule has 116 valence electrons. The normalized spacial score (nSPS) is 19.1. The van der Waals surface area contributed by atoms with Crippen molar-refractivity contribution >= 4 is 5.69 Å². The SMILES string of the molecule is COC(O)C(Cc1ccccc1[N+](=O)[O-])N1CCNCC1. The first kappa shape index (κ1) is 15.8. The number of piperazine rings is 1. The minimum atomic E-state index is -0.970. The maximum atomic E-state index is 11.1. The Morgan fingerprint density at radius 2 is 2.10 bits per heavy atom. The van der Waals surface area contributed by atoms with Gasteiger partial charge in [-0.1, -0.05) is 18.2 Å². The van der Waals surface area contributed by atoms with E-state index < -0.39 is 6.29 Å². The van der Waals surface area contributed by atoms with E-state index in [0.717, 1.165) is 26.2 Å². The molecule has 2 unspecified atom stereocenters. The van der Waals surface area contributed by atoms with Gasteiger partial charge in [-0.25, -0.2) is 0 Å². The molecule has 0 radical (unpaired) electrons. The van der Waals surface area contributed by atoms with Crippen molar-refractivity contribution in [2.24, 2.45) is 0 Å². The van der Waals surface area contributed by atoms with Crippen LogP contribution in [0.4, 0.5) is 5.69 Å². The van der Waals surface area contributed by atoms with E-state index in [1.807, 2.05) is 0 Å². The Morgan fingerprint density at radius 1 is 1.43 bits per heavy atom. The molecule has 0 bridgehead atoms. The molecule has 0 saturated carbocycles. The van der Waals surface area contributed by atoms with Gasteiger partial charge in [-0.15, -0.1) is 0 Å². The van der Waals surface area contributed by atoms with Gasteiger partial charge in [-0.3, -0.25) is 15.0 Å². The quantitative estimate of drug-likeness (QED) is 0.448. The Labute approximate surface area is 123 Å². The highest BCUT2D eigenvalue weighted by molar-refractivity contribution is 5.40. The standard InChI is InChI=1S/C14H21N3O4/c1-21-14(18)13(16-8-6-15-7-9-16)10-11-4-2-3-5-12(11)17(19)20/h2-5,13-15,18H,6-10H2,1H3. The van der Waals surface area contributed by atoms with Crippen molar-refractivity contribution in [1.29, 1.82) is 0 Å². The van der Waals surface area contributed by atoms with E-state index in [9.17, 15) is 15.2 Å². The molecule has 1 aliphatic heterocycles. The summed E-state index contributed by atoms with van der Waals surface area (Å²) in [5.74, 6) is 0. The number of hydrogen-bond acceptors (Lipinski definition) is 6. The summed E-state index contributed by atoms with van der Waals surface area (Å²) in [5.41, 5.74) is 0.697. The lowest BCUT2D eigenvalue weighted by molar-refractivity contribution is -0.385. The second kappa shape index (κ2) is 7.46. The number of nitrogens with one attached hydrogen (secondary N) is 1. The highest BCUT2D eigenvalue weighted by Gasteiger charge is 2.29. The van der Waals surface area contributed by atoms with Crippen LogP contribution in [-0.2, 0) is 11.2 Å². The average molecular weight is 295 g/mol. The second-order valence-electron chi connectivity index (χ2n) is 5.07. The third-order valence-corrected chi connectivity index (χ3v) is 3.81. The van der Waals surface area contributed by atoms with E-state index in [1.54, 1.807) is 18.2 Å². The van der Waals surface area contributed by atoms with Gasteiger partial charge in [-0.2, -0.15) is 0 Å². The van der Waals surface area contributed by atoms with Gasteiger partial charge in [0.05, 0.1) is 11.0 Å². The van der Waals surface area contributed by atoms with Crippen molar-refractivity contribution < 1.29 is 14.8 Å². The van der Waals surface area contributed by atoms with Crippen LogP contribution in [-0.4, -0.2) is 60.6 Å². The lowest BCUT2D eigenvalue weighted by atomic mass is 10.0. The molecule has 0 spiro atoms. The molecule has 0 amide bonds. The van der Waals surface area contributed by atoms with Crippen molar-refractivity contribution in [3.05, 3.63) is 39.9 Å². The summed E-state index contributed by atoms with van der Waals surface area (Å²) in [5, 5.41) is 24.5. The Kier molecular flexibility index (Phi) is 5.63. The third-order valence-electron chi connectivity index (χ3n) is 3.81. The van der Waals surface area contributed by atoms with E-state index in [1.165, 1.54) is 13.2 Å². The van der Waals surface area contributed by atoms with E-state index in [0.29, 0.717) is 12.0 Å². The minimum Gasteiger partial charge on any atom is -0.367 e. The van der Waals surface area contributed by atoms with E-state index in [4.69, 9.17) is 4.74 Å². The Hall–Kier alpha value is -1.54. The number of ether oxygens (including phenoxy) is 1. The zero-order valence-electron chi connectivity index (χ0n) is 12.1. The topological polar surface area (TPSA) is 87.9 Å². The molecule has 1 saturated heterocycles. The molecular formula is C14H21N3O4. The number of aliphatic hydroxyl groups excluding tert-OH is 1. The molecule has 1 heterocycles. The number of para-hydroxylation sites is 1. The van der Waals surface area contributed by atoms with Crippen LogP contribution in [0.1, 0.15) is 5.56 Å². The number of benzene rings is 1. The summed E-state index contributed by atoms with van der Waals surface area (Å²) < 4.78 is 5.06. The molecule has 1 aromatic rings. The predicted octanol–water partition coefficient (Wildman–Crippen LogP) is 0.376. The lowest BCUT2D eigenvalue weighted by Gasteiger charge is -2.36. The molecule has 0 aromatic heterocycles. The molecule has 2 atom stereocenters. The van der Waals surface area contributed by atoms with Crippen molar-refractivity contribution in [3.8, 4) is 0 Å². The van der Waals surface area contributed by atoms with Crippen LogP contribution in [0.5, 0.6) is 0 Å². The van der Waals surface area contributed by atoms with Crippen molar-refractivity contribution in [3.63, 3.8) is 0 Å². The summed E-state index contributed by atoms with van der Waals surface area (Å²) in [4.78, 5) is 12.8. The van der Waals surface area contributed by atoms with Crippen LogP contribution in [0.25, 0.3) is 0 Å². The molecule has 0 aliphatic carbocycles. The summed E-state index contributed by atoms with van der Waals surface area (Å²) in [7, 11) is 1.44. The zero-order chi connectivity index (χ0) is 15.2. The van der Waals surface area contributed by atoms with Gasteiger partial charge >= 0.3 is 0 Å². The van der Waals surface area contributed by atoms with Crippen molar-refractivity contribution in [2.45, 2.75) is 18.8 Å². The molecule has 2 rings (SSSR count). The predicted molar refractivity (Wildman–Crippen MR) is 78.0 cm³/mol. The third kappa shape index (κ3) is 3.98. The van der Waals surface area contributed by atoms with Gasteiger partial charge in [0.15, 0.2) is 6.29 Å². The van der Waals surface area contributed by atoms with Gasteiger partial charge in [0.2, 0.25) is 0 Å². The van der Waals surface area contributed by atoms with Gasteiger partial charge in [0, 0.05) is 44.9 Å². The fraction of sp³-hybridized carbons (Fsp3) is 0.571. The van der Waals surface area contributed by atoms with E-state index in [-0.39, 0.29) is 16.7 Å². The van der Waals surface area contributed by atoms with Crippen LogP contribution in [0.3, 0.4) is 0 Å². The molecule has 1 aliphatic rings. The highest BCUT2D eigenvalue weighted by Crippen LogP contribution is 2.22. The molecule has 7 heteroatoms. The molecule has 21 heavy (non-hydrogen) atoms. The van der Waals surface area contributed by atoms with Gasteiger partial charge in [0.1, 0.15) is 0 Å². The van der Waals surface area contributed by atoms with Gasteiger partial charge in [0.25, 0.3) is 5.69 Å². The molecule has 1 fully saturated rings. The van der Waals surface area contributed by atoms with Crippen LogP contribution in [0.15, 0.2) is 24.3 Å². The fourth-order valence-corrected chi connectivity index (χ4v) is 2.67. The lowest BCUT2D eigenvalue weighted by Crippen LogP contribution is -2.53. The maximum absolute atomic E-state index is 11.1. The average Bonchev–Trinajstić information content (AvgIpc) is 2.53. The first-order chi connectivity index (χ1) is 10.1. The Morgan fingerprint density at radius 3 is 2.71 bits per heavy atom. The minimum absolute atomic E-state index is 0.0842. The number of methoxy groups -OCH3 is 1. The monoisotopic (exact) mass is 295 g/mol. The van der Waals surface area contributed by atoms with E-state index >= 15 is 0 Å². The summed E-state index contributed by atoms with van der Waals surface area (Å²) in [6.45, 7) is 3.24. The second-order valence-corrected chi connectivity index (χ2v) is 5.07. The summed E-state index contributed by atoms with van der Waals surface area (Å²) in [6, 6.07) is 6.35. The van der Waals surface area contributed by atoms with Crippen molar-refractivity contribution in [2.75, 3.05) is 33.3 Å². The largest absolute Gasteiger partial charge is 0.367 e. The van der Waals surface area contributed by atoms with Crippen molar-refractivity contribution in [1.82, 2.24) is 10.2 Å². The number of aliphatic hydroxyl groups is 1. The Balaban J connectivity index is 2.20. The first-order valence-electron chi connectivity index (χ1n) is 7.01. The fourth-order valence-electron chi connectivity index (χ4n) is 2.67. The van der Waals surface area contributed by atoms with Crippen LogP contribution >= 0.6 is 0 Å². The zero-order valence-corrected chi connectivity index (χ0v) is 12.1. The number of rotatable bonds is 6. The van der Waals surface area contributed by atoms with Crippen LogP contribution in [0.2, 0.25) is 0 Å². The molecular weight excluding hydrogens is 274 g/mol. The molecule has 1 aromatic carbocycles. The summed E-state index contributed by atoms with van der Waals surface area (Å²) in [6.07, 6.45) is -0.588. The van der Waals surface area contributed by atoms with Crippen LogP contribution < -0.4 is 5.32 Å². The molecule has 2 N–H and O–H groups in total. The first-order valence-corrected chi connectivity index (χ1v) is 7.01. The highest BCUT2D eigenvalue weighted by atomic mass is 16.6. The molecule has 7 nitrogen and oxygen atoms in total. The van der Waals surface area contributed by atoms with Gasteiger partial charge < -0.3 is 15.2 Å². The summed E-state index contributed by atoms with van der Waals surface area (Å²) >= 11 is 0. The maximum Gasteiger partial charge on any atom is 0.272 e.